The van der Waals surface area contributed by atoms with Crippen LogP contribution in [0.2, 0.25) is 0 Å². The molecular weight excluding hydrogens is 202 g/mol. The summed E-state index contributed by atoms with van der Waals surface area (Å²) in [5.74, 6) is 0. The molecule has 86 valence electrons. The molecule has 0 aliphatic carbocycles. The Morgan fingerprint density at radius 2 is 2.31 bits per heavy atom. The fourth-order valence-corrected chi connectivity index (χ4v) is 1.96. The van der Waals surface area contributed by atoms with Crippen molar-refractivity contribution in [1.29, 1.82) is 0 Å². The van der Waals surface area contributed by atoms with Crippen LogP contribution >= 0.6 is 0 Å². The average molecular weight is 219 g/mol. The minimum Gasteiger partial charge on any atom is -0.395 e. The van der Waals surface area contributed by atoms with Crippen LogP contribution in [0.4, 0.5) is 0 Å². The molecule has 0 unspecified atom stereocenters. The second-order valence-corrected chi connectivity index (χ2v) is 4.10. The molecule has 0 spiro atoms. The minimum absolute atomic E-state index is 0.194. The summed E-state index contributed by atoms with van der Waals surface area (Å²) in [6, 6.07) is 4.04. The zero-order valence-electron chi connectivity index (χ0n) is 9.72. The molecule has 0 aromatic carbocycles. The Kier molecular flexibility index (Phi) is 3.22. The van der Waals surface area contributed by atoms with Crippen LogP contribution in [-0.2, 0) is 13.6 Å². The van der Waals surface area contributed by atoms with Gasteiger partial charge in [-0.05, 0) is 24.7 Å². The molecule has 0 amide bonds. The number of aliphatic hydroxyl groups is 1. The van der Waals surface area contributed by atoms with Gasteiger partial charge in [0.1, 0.15) is 5.65 Å². The van der Waals surface area contributed by atoms with Crippen molar-refractivity contribution < 1.29 is 5.11 Å². The van der Waals surface area contributed by atoms with Gasteiger partial charge in [-0.25, -0.2) is 4.98 Å². The summed E-state index contributed by atoms with van der Waals surface area (Å²) in [6.07, 6.45) is 3.91. The quantitative estimate of drug-likeness (QED) is 0.834. The highest BCUT2D eigenvalue weighted by atomic mass is 16.3. The highest BCUT2D eigenvalue weighted by molar-refractivity contribution is 5.80. The Morgan fingerprint density at radius 3 is 3.06 bits per heavy atom. The molecule has 4 nitrogen and oxygen atoms in total. The molecule has 0 atom stereocenters. The van der Waals surface area contributed by atoms with Gasteiger partial charge < -0.3 is 9.67 Å². The Hall–Kier alpha value is -1.39. The third kappa shape index (κ3) is 2.08. The van der Waals surface area contributed by atoms with Gasteiger partial charge in [-0.1, -0.05) is 0 Å². The van der Waals surface area contributed by atoms with Crippen LogP contribution in [0.15, 0.2) is 24.5 Å². The summed E-state index contributed by atoms with van der Waals surface area (Å²) in [5.41, 5.74) is 2.26. The maximum atomic E-state index is 8.87. The summed E-state index contributed by atoms with van der Waals surface area (Å²) < 4.78 is 2.04. The minimum atomic E-state index is 0.194. The maximum Gasteiger partial charge on any atom is 0.139 e. The predicted molar refractivity (Wildman–Crippen MR) is 64.1 cm³/mol. The van der Waals surface area contributed by atoms with Crippen molar-refractivity contribution in [3.8, 4) is 0 Å². The van der Waals surface area contributed by atoms with E-state index in [9.17, 15) is 0 Å². The molecule has 0 saturated heterocycles. The van der Waals surface area contributed by atoms with Crippen LogP contribution in [0.3, 0.4) is 0 Å². The van der Waals surface area contributed by atoms with Gasteiger partial charge in [-0.15, -0.1) is 0 Å². The molecule has 2 heterocycles. The maximum absolute atomic E-state index is 8.87. The van der Waals surface area contributed by atoms with Crippen molar-refractivity contribution >= 4 is 11.0 Å². The van der Waals surface area contributed by atoms with Crippen LogP contribution in [-0.4, -0.2) is 39.8 Å². The van der Waals surface area contributed by atoms with E-state index in [1.54, 1.807) is 0 Å². The first kappa shape index (κ1) is 11.1. The molecule has 0 bridgehead atoms. The first-order valence-electron chi connectivity index (χ1n) is 5.40. The molecule has 1 N–H and O–H groups in total. The Morgan fingerprint density at radius 1 is 1.50 bits per heavy atom. The second kappa shape index (κ2) is 4.63. The smallest absolute Gasteiger partial charge is 0.139 e. The fraction of sp³-hybridized carbons (Fsp3) is 0.417. The van der Waals surface area contributed by atoms with Crippen molar-refractivity contribution in [2.75, 3.05) is 20.2 Å². The Labute approximate surface area is 95.1 Å². The highest BCUT2D eigenvalue weighted by Crippen LogP contribution is 2.19. The Bertz CT molecular complexity index is 478. The lowest BCUT2D eigenvalue weighted by molar-refractivity contribution is 0.217. The van der Waals surface area contributed by atoms with Gasteiger partial charge in [0, 0.05) is 37.9 Å². The van der Waals surface area contributed by atoms with Crippen molar-refractivity contribution in [2.24, 2.45) is 7.05 Å². The first-order chi connectivity index (χ1) is 7.72. The second-order valence-electron chi connectivity index (χ2n) is 4.10. The molecule has 2 rings (SSSR count). The summed E-state index contributed by atoms with van der Waals surface area (Å²) >= 11 is 0. The van der Waals surface area contributed by atoms with Crippen LogP contribution in [0, 0.1) is 0 Å². The highest BCUT2D eigenvalue weighted by Gasteiger charge is 2.08. The monoisotopic (exact) mass is 219 g/mol. The lowest BCUT2D eigenvalue weighted by Crippen LogP contribution is -2.21. The fourth-order valence-electron chi connectivity index (χ4n) is 1.96. The van der Waals surface area contributed by atoms with Gasteiger partial charge in [0.25, 0.3) is 0 Å². The van der Waals surface area contributed by atoms with Crippen molar-refractivity contribution in [3.63, 3.8) is 0 Å². The largest absolute Gasteiger partial charge is 0.395 e. The number of aromatic nitrogens is 2. The number of aryl methyl sites for hydroxylation is 1. The van der Waals surface area contributed by atoms with E-state index < -0.39 is 0 Å². The van der Waals surface area contributed by atoms with Crippen LogP contribution in [0.1, 0.15) is 5.56 Å². The van der Waals surface area contributed by atoms with E-state index in [-0.39, 0.29) is 6.61 Å². The third-order valence-electron chi connectivity index (χ3n) is 2.74. The number of rotatable bonds is 4. The van der Waals surface area contributed by atoms with E-state index in [1.165, 1.54) is 10.9 Å². The first-order valence-corrected chi connectivity index (χ1v) is 5.40. The van der Waals surface area contributed by atoms with E-state index in [2.05, 4.69) is 22.1 Å². The number of hydrogen-bond acceptors (Lipinski definition) is 3. The molecule has 0 aliphatic rings. The molecule has 16 heavy (non-hydrogen) atoms. The number of pyridine rings is 1. The summed E-state index contributed by atoms with van der Waals surface area (Å²) in [7, 11) is 4.01. The molecule has 2 aromatic rings. The van der Waals surface area contributed by atoms with Crippen molar-refractivity contribution in [2.45, 2.75) is 6.54 Å². The molecule has 4 heteroatoms. The molecule has 0 saturated carbocycles. The van der Waals surface area contributed by atoms with Gasteiger partial charge >= 0.3 is 0 Å². The SMILES string of the molecule is CN(CCO)Cc1cn(C)c2ncccc12. The molecule has 2 aromatic heterocycles. The lowest BCUT2D eigenvalue weighted by atomic mass is 10.2. The molecule has 0 aliphatic heterocycles. The van der Waals surface area contributed by atoms with E-state index in [0.717, 1.165) is 12.2 Å². The summed E-state index contributed by atoms with van der Waals surface area (Å²) in [5, 5.41) is 10.1. The van der Waals surface area contributed by atoms with Gasteiger partial charge in [-0.3, -0.25) is 4.90 Å². The lowest BCUT2D eigenvalue weighted by Gasteiger charge is -2.13. The third-order valence-corrected chi connectivity index (χ3v) is 2.74. The standard InChI is InChI=1S/C12H17N3O/c1-14(6-7-16)8-10-9-15(2)12-11(10)4-3-5-13-12/h3-5,9,16H,6-8H2,1-2H3. The van der Waals surface area contributed by atoms with E-state index in [1.807, 2.05) is 30.9 Å². The average Bonchev–Trinajstić information content (AvgIpc) is 2.57. The molecule has 0 radical (unpaired) electrons. The van der Waals surface area contributed by atoms with E-state index in [0.29, 0.717) is 6.54 Å². The zero-order valence-corrected chi connectivity index (χ0v) is 9.72. The number of likely N-dealkylation sites (N-methyl/N-ethyl adjacent to an activating group) is 1. The number of aliphatic hydroxyl groups excluding tert-OH is 1. The van der Waals surface area contributed by atoms with Gasteiger partial charge in [0.05, 0.1) is 6.61 Å². The van der Waals surface area contributed by atoms with E-state index in [4.69, 9.17) is 5.11 Å². The van der Waals surface area contributed by atoms with Crippen LogP contribution in [0.25, 0.3) is 11.0 Å². The van der Waals surface area contributed by atoms with E-state index >= 15 is 0 Å². The van der Waals surface area contributed by atoms with Crippen molar-refractivity contribution in [1.82, 2.24) is 14.5 Å². The molecular formula is C12H17N3O. The number of nitrogens with zero attached hydrogens (tertiary/aromatic N) is 3. The van der Waals surface area contributed by atoms with Crippen LogP contribution in [0.5, 0.6) is 0 Å². The Balaban J connectivity index is 2.31. The normalized spacial score (nSPS) is 11.5. The summed E-state index contributed by atoms with van der Waals surface area (Å²) in [4.78, 5) is 6.45. The number of fused-ring (bicyclic) bond motifs is 1. The zero-order chi connectivity index (χ0) is 11.5. The van der Waals surface area contributed by atoms with Gasteiger partial charge in [0.15, 0.2) is 0 Å². The predicted octanol–water partition coefficient (Wildman–Crippen LogP) is 0.997. The van der Waals surface area contributed by atoms with Crippen LogP contribution < -0.4 is 0 Å². The summed E-state index contributed by atoms with van der Waals surface area (Å²) in [6.45, 7) is 1.72. The van der Waals surface area contributed by atoms with Gasteiger partial charge in [0.2, 0.25) is 0 Å². The number of hydrogen-bond donors (Lipinski definition) is 1. The van der Waals surface area contributed by atoms with Crippen molar-refractivity contribution in [3.05, 3.63) is 30.1 Å². The molecule has 0 fully saturated rings. The topological polar surface area (TPSA) is 41.3 Å². The van der Waals surface area contributed by atoms with Gasteiger partial charge in [-0.2, -0.15) is 0 Å².